The van der Waals surface area contributed by atoms with Crippen molar-refractivity contribution >= 4 is 17.7 Å². The first-order chi connectivity index (χ1) is 6.79. The fraction of sp³-hybridized carbons (Fsp3) is 0.889. The smallest absolute Gasteiger partial charge is 0.240 e. The topological polar surface area (TPSA) is 44.4 Å². The summed E-state index contributed by atoms with van der Waals surface area (Å²) in [5.74, 6) is 2.08. The van der Waals surface area contributed by atoms with E-state index in [0.717, 1.165) is 31.1 Å². The minimum absolute atomic E-state index is 0.0469. The summed E-state index contributed by atoms with van der Waals surface area (Å²) >= 11 is 1.80. The number of nitrogens with zero attached hydrogens (tertiary/aromatic N) is 1. The van der Waals surface area contributed by atoms with Gasteiger partial charge in [-0.25, -0.2) is 0 Å². The van der Waals surface area contributed by atoms with Gasteiger partial charge in [0, 0.05) is 31.3 Å². The van der Waals surface area contributed by atoms with Crippen molar-refractivity contribution in [1.29, 1.82) is 0 Å². The lowest BCUT2D eigenvalue weighted by atomic mass is 10.2. The van der Waals surface area contributed by atoms with Crippen LogP contribution in [0.15, 0.2) is 0 Å². The summed E-state index contributed by atoms with van der Waals surface area (Å²) in [6, 6.07) is 0.445. The van der Waals surface area contributed by atoms with Gasteiger partial charge in [0.15, 0.2) is 0 Å². The molecular formula is C9H17N3OS. The van der Waals surface area contributed by atoms with E-state index in [-0.39, 0.29) is 11.9 Å². The number of carbonyl (C=O) groups is 1. The molecule has 2 saturated heterocycles. The number of amides is 1. The van der Waals surface area contributed by atoms with Crippen molar-refractivity contribution < 1.29 is 4.79 Å². The summed E-state index contributed by atoms with van der Waals surface area (Å²) < 4.78 is 0. The van der Waals surface area contributed by atoms with Crippen LogP contribution >= 0.6 is 11.8 Å². The molecule has 0 aliphatic carbocycles. The van der Waals surface area contributed by atoms with Gasteiger partial charge in [0.25, 0.3) is 0 Å². The molecule has 2 aliphatic heterocycles. The van der Waals surface area contributed by atoms with Crippen molar-refractivity contribution in [2.45, 2.75) is 18.5 Å². The standard InChI is InChI=1S/C9H17N3OS/c1-12(7-2-3-10-4-7)9(13)8-5-14-6-11-8/h7-8,10-11H,2-6H2,1H3/t7?,8-/m1/s1. The Kier molecular flexibility index (Phi) is 3.30. The molecule has 5 heteroatoms. The molecule has 0 aromatic rings. The molecule has 1 unspecified atom stereocenters. The lowest BCUT2D eigenvalue weighted by Gasteiger charge is -2.26. The van der Waals surface area contributed by atoms with Crippen LogP contribution in [-0.2, 0) is 4.79 Å². The molecule has 1 amide bonds. The first kappa shape index (κ1) is 10.3. The van der Waals surface area contributed by atoms with Crippen molar-refractivity contribution in [3.63, 3.8) is 0 Å². The van der Waals surface area contributed by atoms with E-state index in [1.54, 1.807) is 11.8 Å². The molecular weight excluding hydrogens is 198 g/mol. The van der Waals surface area contributed by atoms with Crippen LogP contribution in [0.4, 0.5) is 0 Å². The molecule has 0 spiro atoms. The summed E-state index contributed by atoms with van der Waals surface area (Å²) in [4.78, 5) is 13.9. The summed E-state index contributed by atoms with van der Waals surface area (Å²) in [5, 5.41) is 6.49. The predicted octanol–water partition coefficient (Wildman–Crippen LogP) is -0.531. The Hall–Kier alpha value is -0.260. The highest BCUT2D eigenvalue weighted by Gasteiger charge is 2.30. The number of thioether (sulfide) groups is 1. The van der Waals surface area contributed by atoms with E-state index >= 15 is 0 Å². The summed E-state index contributed by atoms with van der Waals surface area (Å²) in [7, 11) is 1.92. The first-order valence-electron chi connectivity index (χ1n) is 5.07. The van der Waals surface area contributed by atoms with Gasteiger partial charge in [-0.05, 0) is 13.0 Å². The van der Waals surface area contributed by atoms with Gasteiger partial charge in [-0.15, -0.1) is 11.8 Å². The molecule has 2 N–H and O–H groups in total. The average molecular weight is 215 g/mol. The zero-order valence-corrected chi connectivity index (χ0v) is 9.27. The number of hydrogen-bond acceptors (Lipinski definition) is 4. The third-order valence-corrected chi connectivity index (χ3v) is 3.88. The Labute approximate surface area is 88.8 Å². The number of rotatable bonds is 2. The Bertz CT molecular complexity index is 212. The van der Waals surface area contributed by atoms with Crippen LogP contribution < -0.4 is 10.6 Å². The van der Waals surface area contributed by atoms with Gasteiger partial charge in [0.05, 0.1) is 6.04 Å². The third-order valence-electron chi connectivity index (χ3n) is 2.94. The second-order valence-electron chi connectivity index (χ2n) is 3.87. The predicted molar refractivity (Wildman–Crippen MR) is 58.3 cm³/mol. The SMILES string of the molecule is CN(C(=O)[C@H]1CSCN1)C1CCNC1. The van der Waals surface area contributed by atoms with Crippen molar-refractivity contribution in [3.8, 4) is 0 Å². The van der Waals surface area contributed by atoms with E-state index in [0.29, 0.717) is 6.04 Å². The maximum absolute atomic E-state index is 12.0. The maximum atomic E-state index is 12.0. The lowest BCUT2D eigenvalue weighted by molar-refractivity contribution is -0.133. The summed E-state index contributed by atoms with van der Waals surface area (Å²) in [6.45, 7) is 1.98. The Morgan fingerprint density at radius 3 is 3.00 bits per heavy atom. The molecule has 2 rings (SSSR count). The number of likely N-dealkylation sites (N-methyl/N-ethyl adjacent to an activating group) is 1. The minimum atomic E-state index is 0.0469. The fourth-order valence-electron chi connectivity index (χ4n) is 1.95. The maximum Gasteiger partial charge on any atom is 0.240 e. The Morgan fingerprint density at radius 2 is 2.43 bits per heavy atom. The zero-order chi connectivity index (χ0) is 9.97. The number of carbonyl (C=O) groups excluding carboxylic acids is 1. The summed E-state index contributed by atoms with van der Waals surface area (Å²) in [5.41, 5.74) is 0. The minimum Gasteiger partial charge on any atom is -0.340 e. The largest absolute Gasteiger partial charge is 0.340 e. The van der Waals surface area contributed by atoms with Gasteiger partial charge in [-0.1, -0.05) is 0 Å². The fourth-order valence-corrected chi connectivity index (χ4v) is 2.88. The second kappa shape index (κ2) is 4.51. The van der Waals surface area contributed by atoms with Crippen molar-refractivity contribution in [2.75, 3.05) is 31.8 Å². The van der Waals surface area contributed by atoms with Gasteiger partial charge < -0.3 is 10.2 Å². The van der Waals surface area contributed by atoms with Crippen LogP contribution in [-0.4, -0.2) is 54.7 Å². The van der Waals surface area contributed by atoms with E-state index in [1.165, 1.54) is 0 Å². The van der Waals surface area contributed by atoms with Crippen molar-refractivity contribution in [3.05, 3.63) is 0 Å². The van der Waals surface area contributed by atoms with Gasteiger partial charge in [0.1, 0.15) is 0 Å². The molecule has 2 atom stereocenters. The van der Waals surface area contributed by atoms with Gasteiger partial charge >= 0.3 is 0 Å². The molecule has 0 saturated carbocycles. The second-order valence-corrected chi connectivity index (χ2v) is 4.90. The van der Waals surface area contributed by atoms with E-state index in [9.17, 15) is 4.79 Å². The van der Waals surface area contributed by atoms with Crippen LogP contribution in [0.2, 0.25) is 0 Å². The van der Waals surface area contributed by atoms with Gasteiger partial charge in [0.2, 0.25) is 5.91 Å². The molecule has 2 fully saturated rings. The highest BCUT2D eigenvalue weighted by Crippen LogP contribution is 2.14. The molecule has 0 bridgehead atoms. The van der Waals surface area contributed by atoms with Crippen molar-refractivity contribution in [1.82, 2.24) is 15.5 Å². The summed E-state index contributed by atoms with van der Waals surface area (Å²) in [6.07, 6.45) is 1.09. The molecule has 2 heterocycles. The Morgan fingerprint density at radius 1 is 1.57 bits per heavy atom. The quantitative estimate of drug-likeness (QED) is 0.650. The van der Waals surface area contributed by atoms with E-state index in [4.69, 9.17) is 0 Å². The Balaban J connectivity index is 1.89. The zero-order valence-electron chi connectivity index (χ0n) is 8.45. The molecule has 0 radical (unpaired) electrons. The molecule has 0 aromatic carbocycles. The van der Waals surface area contributed by atoms with Gasteiger partial charge in [-0.2, -0.15) is 0 Å². The lowest BCUT2D eigenvalue weighted by Crippen LogP contribution is -2.48. The monoisotopic (exact) mass is 215 g/mol. The molecule has 0 aromatic heterocycles. The van der Waals surface area contributed by atoms with Crippen LogP contribution in [0, 0.1) is 0 Å². The first-order valence-corrected chi connectivity index (χ1v) is 6.23. The third kappa shape index (κ3) is 2.04. The molecule has 2 aliphatic rings. The van der Waals surface area contributed by atoms with E-state index in [2.05, 4.69) is 10.6 Å². The molecule has 14 heavy (non-hydrogen) atoms. The number of hydrogen-bond donors (Lipinski definition) is 2. The average Bonchev–Trinajstić information content (AvgIpc) is 2.87. The van der Waals surface area contributed by atoms with Crippen LogP contribution in [0.1, 0.15) is 6.42 Å². The molecule has 4 nitrogen and oxygen atoms in total. The highest BCUT2D eigenvalue weighted by atomic mass is 32.2. The van der Waals surface area contributed by atoms with E-state index in [1.807, 2.05) is 11.9 Å². The highest BCUT2D eigenvalue weighted by molar-refractivity contribution is 7.99. The number of nitrogens with one attached hydrogen (secondary N) is 2. The van der Waals surface area contributed by atoms with Gasteiger partial charge in [-0.3, -0.25) is 10.1 Å². The van der Waals surface area contributed by atoms with Crippen LogP contribution in [0.25, 0.3) is 0 Å². The van der Waals surface area contributed by atoms with E-state index < -0.39 is 0 Å². The van der Waals surface area contributed by atoms with Crippen LogP contribution in [0.5, 0.6) is 0 Å². The normalized spacial score (nSPS) is 32.1. The molecule has 80 valence electrons. The van der Waals surface area contributed by atoms with Crippen LogP contribution in [0.3, 0.4) is 0 Å². The van der Waals surface area contributed by atoms with Crippen molar-refractivity contribution in [2.24, 2.45) is 0 Å².